The fourth-order valence-electron chi connectivity index (χ4n) is 4.24. The van der Waals surface area contributed by atoms with Crippen LogP contribution in [0.25, 0.3) is 22.3 Å². The minimum atomic E-state index is -1.52. The van der Waals surface area contributed by atoms with Crippen molar-refractivity contribution in [1.29, 1.82) is 0 Å². The van der Waals surface area contributed by atoms with Crippen LogP contribution in [0.4, 0.5) is 17.1 Å². The zero-order chi connectivity index (χ0) is 23.3. The highest BCUT2D eigenvalue weighted by molar-refractivity contribution is 6.58. The molecule has 164 valence electrons. The van der Waals surface area contributed by atoms with Gasteiger partial charge in [-0.3, -0.25) is 0 Å². The monoisotopic (exact) mass is 441 g/mol. The second-order valence-electron chi connectivity index (χ2n) is 8.10. The molecule has 5 rings (SSSR count). The van der Waals surface area contributed by atoms with Gasteiger partial charge in [-0.1, -0.05) is 97.1 Å². The fourth-order valence-corrected chi connectivity index (χ4v) is 4.24. The number of hydrogen-bond donors (Lipinski definition) is 2. The molecule has 0 radical (unpaired) electrons. The Morgan fingerprint density at radius 1 is 0.441 bits per heavy atom. The van der Waals surface area contributed by atoms with Gasteiger partial charge in [0.1, 0.15) is 0 Å². The van der Waals surface area contributed by atoms with E-state index in [1.54, 1.807) is 12.1 Å². The predicted molar refractivity (Wildman–Crippen MR) is 142 cm³/mol. The molecular formula is C30H24BNO2. The lowest BCUT2D eigenvalue weighted by molar-refractivity contribution is 0.426. The molecule has 0 aliphatic rings. The van der Waals surface area contributed by atoms with E-state index in [2.05, 4.69) is 77.7 Å². The lowest BCUT2D eigenvalue weighted by Gasteiger charge is -2.26. The van der Waals surface area contributed by atoms with Crippen LogP contribution in [0.15, 0.2) is 133 Å². The summed E-state index contributed by atoms with van der Waals surface area (Å²) in [5, 5.41) is 19.4. The summed E-state index contributed by atoms with van der Waals surface area (Å²) in [6, 6.07) is 44.7. The third-order valence-corrected chi connectivity index (χ3v) is 5.89. The maximum Gasteiger partial charge on any atom is 0.488 e. The highest BCUT2D eigenvalue weighted by Gasteiger charge is 2.17. The van der Waals surface area contributed by atoms with Gasteiger partial charge in [0.15, 0.2) is 0 Å². The summed E-state index contributed by atoms with van der Waals surface area (Å²) >= 11 is 0. The second-order valence-corrected chi connectivity index (χ2v) is 8.10. The van der Waals surface area contributed by atoms with Crippen molar-refractivity contribution in [1.82, 2.24) is 0 Å². The first-order chi connectivity index (χ1) is 16.7. The third kappa shape index (κ3) is 4.51. The van der Waals surface area contributed by atoms with E-state index in [0.717, 1.165) is 22.6 Å². The van der Waals surface area contributed by atoms with Gasteiger partial charge in [0.2, 0.25) is 0 Å². The van der Waals surface area contributed by atoms with Crippen LogP contribution >= 0.6 is 0 Å². The van der Waals surface area contributed by atoms with Gasteiger partial charge in [-0.15, -0.1) is 0 Å². The molecule has 0 aliphatic carbocycles. The van der Waals surface area contributed by atoms with Gasteiger partial charge in [0.05, 0.1) is 0 Å². The number of hydrogen-bond acceptors (Lipinski definition) is 3. The molecule has 0 aromatic heterocycles. The topological polar surface area (TPSA) is 43.7 Å². The second kappa shape index (κ2) is 9.80. The van der Waals surface area contributed by atoms with E-state index in [1.807, 2.05) is 48.5 Å². The summed E-state index contributed by atoms with van der Waals surface area (Å²) in [7, 11) is -1.52. The van der Waals surface area contributed by atoms with E-state index in [-0.39, 0.29) is 0 Å². The summed E-state index contributed by atoms with van der Waals surface area (Å²) in [6.07, 6.45) is 0. The Morgan fingerprint density at radius 2 is 0.941 bits per heavy atom. The molecule has 0 amide bonds. The zero-order valence-corrected chi connectivity index (χ0v) is 18.6. The van der Waals surface area contributed by atoms with Gasteiger partial charge in [-0.25, -0.2) is 0 Å². The summed E-state index contributed by atoms with van der Waals surface area (Å²) in [5.74, 6) is 0. The Morgan fingerprint density at radius 3 is 1.56 bits per heavy atom. The van der Waals surface area contributed by atoms with Crippen LogP contribution in [-0.2, 0) is 0 Å². The Hall–Kier alpha value is -4.12. The number of anilines is 3. The van der Waals surface area contributed by atoms with Crippen molar-refractivity contribution in [2.75, 3.05) is 4.90 Å². The SMILES string of the molecule is OB(O)c1cccc(N(c2ccccc2)c2ccc(-c3ccccc3-c3ccccc3)cc2)c1. The average Bonchev–Trinajstić information content (AvgIpc) is 2.91. The first-order valence-electron chi connectivity index (χ1n) is 11.3. The molecular weight excluding hydrogens is 417 g/mol. The molecule has 0 atom stereocenters. The summed E-state index contributed by atoms with van der Waals surface area (Å²) in [6.45, 7) is 0. The molecule has 0 saturated carbocycles. The Bertz CT molecular complexity index is 1370. The smallest absolute Gasteiger partial charge is 0.423 e. The molecule has 5 aromatic rings. The first-order valence-corrected chi connectivity index (χ1v) is 11.3. The van der Waals surface area contributed by atoms with Crippen LogP contribution < -0.4 is 10.4 Å². The fraction of sp³-hybridized carbons (Fsp3) is 0. The highest BCUT2D eigenvalue weighted by atomic mass is 16.4. The lowest BCUT2D eigenvalue weighted by Crippen LogP contribution is -2.30. The summed E-state index contributed by atoms with van der Waals surface area (Å²) in [5.41, 5.74) is 7.97. The molecule has 0 spiro atoms. The van der Waals surface area contributed by atoms with Gasteiger partial charge in [0, 0.05) is 17.1 Å². The maximum absolute atomic E-state index is 9.69. The molecule has 0 bridgehead atoms. The van der Waals surface area contributed by atoms with Crippen molar-refractivity contribution in [2.45, 2.75) is 0 Å². The molecule has 0 saturated heterocycles. The molecule has 4 heteroatoms. The van der Waals surface area contributed by atoms with Crippen LogP contribution in [0, 0.1) is 0 Å². The molecule has 34 heavy (non-hydrogen) atoms. The average molecular weight is 441 g/mol. The standard InChI is InChI=1S/C30H24BNO2/c33-31(34)25-12-9-15-28(22-25)32(26-13-5-2-6-14-26)27-20-18-24(19-21-27)30-17-8-7-16-29(30)23-10-3-1-4-11-23/h1-22,33-34H. The van der Waals surface area contributed by atoms with E-state index in [9.17, 15) is 10.0 Å². The largest absolute Gasteiger partial charge is 0.488 e. The number of nitrogens with zero attached hydrogens (tertiary/aromatic N) is 1. The van der Waals surface area contributed by atoms with E-state index in [4.69, 9.17) is 0 Å². The van der Waals surface area contributed by atoms with Gasteiger partial charge in [0.25, 0.3) is 0 Å². The zero-order valence-electron chi connectivity index (χ0n) is 18.6. The van der Waals surface area contributed by atoms with Crippen molar-refractivity contribution < 1.29 is 10.0 Å². The number of rotatable bonds is 6. The van der Waals surface area contributed by atoms with Crippen LogP contribution in [0.3, 0.4) is 0 Å². The van der Waals surface area contributed by atoms with Crippen molar-refractivity contribution in [2.24, 2.45) is 0 Å². The lowest BCUT2D eigenvalue weighted by atomic mass is 9.80. The summed E-state index contributed by atoms with van der Waals surface area (Å²) in [4.78, 5) is 2.11. The van der Waals surface area contributed by atoms with Crippen LogP contribution in [0.5, 0.6) is 0 Å². The molecule has 0 fully saturated rings. The van der Waals surface area contributed by atoms with Gasteiger partial charge < -0.3 is 14.9 Å². The molecule has 3 nitrogen and oxygen atoms in total. The Balaban J connectivity index is 1.57. The third-order valence-electron chi connectivity index (χ3n) is 5.89. The van der Waals surface area contributed by atoms with Crippen molar-refractivity contribution in [3.63, 3.8) is 0 Å². The molecule has 0 heterocycles. The van der Waals surface area contributed by atoms with Gasteiger partial charge >= 0.3 is 7.12 Å². The van der Waals surface area contributed by atoms with Crippen molar-refractivity contribution in [3.05, 3.63) is 133 Å². The van der Waals surface area contributed by atoms with Crippen LogP contribution in [0.1, 0.15) is 0 Å². The maximum atomic E-state index is 9.69. The van der Waals surface area contributed by atoms with E-state index in [0.29, 0.717) is 5.46 Å². The van der Waals surface area contributed by atoms with E-state index in [1.165, 1.54) is 16.7 Å². The molecule has 2 N–H and O–H groups in total. The Labute approximate surface area is 200 Å². The predicted octanol–water partition coefficient (Wildman–Crippen LogP) is 6.17. The number of benzene rings is 5. The van der Waals surface area contributed by atoms with E-state index >= 15 is 0 Å². The molecule has 5 aromatic carbocycles. The van der Waals surface area contributed by atoms with Crippen molar-refractivity contribution in [3.8, 4) is 22.3 Å². The van der Waals surface area contributed by atoms with Crippen LogP contribution in [0.2, 0.25) is 0 Å². The van der Waals surface area contributed by atoms with Crippen molar-refractivity contribution >= 4 is 29.6 Å². The minimum Gasteiger partial charge on any atom is -0.423 e. The van der Waals surface area contributed by atoms with Gasteiger partial charge in [-0.05, 0) is 64.1 Å². The minimum absolute atomic E-state index is 0.451. The normalized spacial score (nSPS) is 10.6. The number of para-hydroxylation sites is 1. The Kier molecular flexibility index (Phi) is 6.26. The van der Waals surface area contributed by atoms with Crippen LogP contribution in [-0.4, -0.2) is 17.2 Å². The summed E-state index contributed by atoms with van der Waals surface area (Å²) < 4.78 is 0. The quantitative estimate of drug-likeness (QED) is 0.310. The van der Waals surface area contributed by atoms with Gasteiger partial charge in [-0.2, -0.15) is 0 Å². The van der Waals surface area contributed by atoms with E-state index < -0.39 is 7.12 Å². The molecule has 0 aliphatic heterocycles. The first kappa shape index (κ1) is 21.7. The molecule has 0 unspecified atom stereocenters. The highest BCUT2D eigenvalue weighted by Crippen LogP contribution is 2.37.